The van der Waals surface area contributed by atoms with E-state index >= 15 is 0 Å². The number of anilines is 1. The molecule has 0 saturated heterocycles. The second-order valence-corrected chi connectivity index (χ2v) is 9.22. The number of aromatic nitrogens is 3. The van der Waals surface area contributed by atoms with Crippen LogP contribution in [-0.4, -0.2) is 39.4 Å². The molecule has 190 valence electrons. The zero-order valence-electron chi connectivity index (χ0n) is 20.6. The predicted octanol–water partition coefficient (Wildman–Crippen LogP) is 4.69. The van der Waals surface area contributed by atoms with Crippen LogP contribution in [0.5, 0.6) is 5.75 Å². The molecule has 0 radical (unpaired) electrons. The van der Waals surface area contributed by atoms with Crippen molar-refractivity contribution in [3.8, 4) is 11.4 Å². The second-order valence-electron chi connectivity index (χ2n) is 8.28. The first-order chi connectivity index (χ1) is 17.8. The SMILES string of the molecule is COc1cccc(C(=O)NCc2nnc(SCC(=O)Nc3cc(C)ccc3C)n2-c2ccc(F)cc2)c1. The van der Waals surface area contributed by atoms with Crippen molar-refractivity contribution < 1.29 is 18.7 Å². The highest BCUT2D eigenvalue weighted by molar-refractivity contribution is 7.99. The monoisotopic (exact) mass is 519 g/mol. The summed E-state index contributed by atoms with van der Waals surface area (Å²) in [6, 6.07) is 18.5. The first-order valence-electron chi connectivity index (χ1n) is 11.5. The van der Waals surface area contributed by atoms with E-state index in [1.807, 2.05) is 32.0 Å². The van der Waals surface area contributed by atoms with Crippen molar-refractivity contribution in [2.24, 2.45) is 0 Å². The molecule has 3 aromatic carbocycles. The number of hydrogen-bond donors (Lipinski definition) is 2. The van der Waals surface area contributed by atoms with Crippen LogP contribution in [0, 0.1) is 19.7 Å². The maximum absolute atomic E-state index is 13.6. The van der Waals surface area contributed by atoms with Crippen molar-refractivity contribution in [1.82, 2.24) is 20.1 Å². The molecule has 0 atom stereocenters. The molecule has 1 aromatic heterocycles. The van der Waals surface area contributed by atoms with Gasteiger partial charge in [0.25, 0.3) is 5.91 Å². The van der Waals surface area contributed by atoms with Crippen LogP contribution in [0.2, 0.25) is 0 Å². The zero-order valence-corrected chi connectivity index (χ0v) is 21.4. The number of nitrogens with one attached hydrogen (secondary N) is 2. The molecule has 4 aromatic rings. The number of thioether (sulfide) groups is 1. The molecular formula is C27H26FN5O3S. The van der Waals surface area contributed by atoms with Gasteiger partial charge in [0.1, 0.15) is 11.6 Å². The third-order valence-corrected chi connectivity index (χ3v) is 6.45. The lowest BCUT2D eigenvalue weighted by molar-refractivity contribution is -0.113. The first kappa shape index (κ1) is 25.9. The summed E-state index contributed by atoms with van der Waals surface area (Å²) < 4.78 is 20.5. The molecule has 0 aliphatic carbocycles. The van der Waals surface area contributed by atoms with Crippen LogP contribution in [0.1, 0.15) is 27.3 Å². The highest BCUT2D eigenvalue weighted by atomic mass is 32.2. The Kier molecular flexibility index (Phi) is 8.19. The predicted molar refractivity (Wildman–Crippen MR) is 141 cm³/mol. The standard InChI is InChI=1S/C27H26FN5O3S/c1-17-7-8-18(2)23(13-17)30-25(34)16-37-27-32-31-24(33(27)21-11-9-20(28)10-12-21)15-29-26(35)19-5-4-6-22(14-19)36-3/h4-14H,15-16H2,1-3H3,(H,29,35)(H,30,34). The molecular weight excluding hydrogens is 493 g/mol. The number of carbonyl (C=O) groups excluding carboxylic acids is 2. The molecule has 4 rings (SSSR count). The van der Waals surface area contributed by atoms with Gasteiger partial charge in [0.2, 0.25) is 5.91 Å². The molecule has 2 amide bonds. The Morgan fingerprint density at radius 1 is 1.03 bits per heavy atom. The molecule has 0 saturated carbocycles. The summed E-state index contributed by atoms with van der Waals surface area (Å²) in [6.07, 6.45) is 0. The maximum atomic E-state index is 13.6. The number of rotatable bonds is 9. The van der Waals surface area contributed by atoms with Crippen LogP contribution in [0.3, 0.4) is 0 Å². The molecule has 2 N–H and O–H groups in total. The molecule has 0 spiro atoms. The molecule has 0 fully saturated rings. The Hall–Kier alpha value is -4.18. The maximum Gasteiger partial charge on any atom is 0.251 e. The summed E-state index contributed by atoms with van der Waals surface area (Å²) in [5.74, 6) is 0.199. The lowest BCUT2D eigenvalue weighted by atomic mass is 10.1. The molecule has 0 aliphatic rings. The number of benzene rings is 3. The van der Waals surface area contributed by atoms with E-state index in [4.69, 9.17) is 4.74 Å². The van der Waals surface area contributed by atoms with Crippen LogP contribution in [-0.2, 0) is 11.3 Å². The molecule has 1 heterocycles. The topological polar surface area (TPSA) is 98.1 Å². The van der Waals surface area contributed by atoms with Crippen molar-refractivity contribution in [2.45, 2.75) is 25.5 Å². The fraction of sp³-hybridized carbons (Fsp3) is 0.185. The summed E-state index contributed by atoms with van der Waals surface area (Å²) in [7, 11) is 1.53. The number of carbonyl (C=O) groups is 2. The van der Waals surface area contributed by atoms with E-state index < -0.39 is 0 Å². The summed E-state index contributed by atoms with van der Waals surface area (Å²) >= 11 is 1.19. The number of hydrogen-bond acceptors (Lipinski definition) is 6. The summed E-state index contributed by atoms with van der Waals surface area (Å²) in [6.45, 7) is 3.96. The Bertz CT molecular complexity index is 1420. The molecule has 37 heavy (non-hydrogen) atoms. The van der Waals surface area contributed by atoms with E-state index in [9.17, 15) is 14.0 Å². The van der Waals surface area contributed by atoms with Gasteiger partial charge in [-0.1, -0.05) is 30.0 Å². The van der Waals surface area contributed by atoms with E-state index in [2.05, 4.69) is 20.8 Å². The van der Waals surface area contributed by atoms with Gasteiger partial charge >= 0.3 is 0 Å². The van der Waals surface area contributed by atoms with Gasteiger partial charge in [-0.05, 0) is 73.5 Å². The van der Waals surface area contributed by atoms with E-state index in [0.29, 0.717) is 28.0 Å². The molecule has 0 unspecified atom stereocenters. The quantitative estimate of drug-likeness (QED) is 0.311. The third-order valence-electron chi connectivity index (χ3n) is 5.52. The third kappa shape index (κ3) is 6.53. The Morgan fingerprint density at radius 2 is 1.81 bits per heavy atom. The van der Waals surface area contributed by atoms with Crippen LogP contribution < -0.4 is 15.4 Å². The minimum Gasteiger partial charge on any atom is -0.497 e. The van der Waals surface area contributed by atoms with Gasteiger partial charge in [-0.25, -0.2) is 4.39 Å². The first-order valence-corrected chi connectivity index (χ1v) is 12.4. The number of amides is 2. The number of methoxy groups -OCH3 is 1. The van der Waals surface area contributed by atoms with Gasteiger partial charge in [-0.3, -0.25) is 14.2 Å². The Morgan fingerprint density at radius 3 is 2.57 bits per heavy atom. The highest BCUT2D eigenvalue weighted by Gasteiger charge is 2.18. The van der Waals surface area contributed by atoms with Crippen LogP contribution in [0.25, 0.3) is 5.69 Å². The van der Waals surface area contributed by atoms with Gasteiger partial charge in [-0.2, -0.15) is 0 Å². The van der Waals surface area contributed by atoms with Crippen molar-refractivity contribution in [2.75, 3.05) is 18.2 Å². The highest BCUT2D eigenvalue weighted by Crippen LogP contribution is 2.24. The average molecular weight is 520 g/mol. The van der Waals surface area contributed by atoms with Crippen molar-refractivity contribution in [3.63, 3.8) is 0 Å². The molecule has 0 aliphatic heterocycles. The lowest BCUT2D eigenvalue weighted by Gasteiger charge is -2.12. The van der Waals surface area contributed by atoms with E-state index in [0.717, 1.165) is 16.8 Å². The Labute approximate surface area is 218 Å². The van der Waals surface area contributed by atoms with Gasteiger partial charge in [-0.15, -0.1) is 10.2 Å². The fourth-order valence-corrected chi connectivity index (χ4v) is 4.34. The van der Waals surface area contributed by atoms with Gasteiger partial charge in [0.15, 0.2) is 11.0 Å². The minimum atomic E-state index is -0.383. The fourth-order valence-electron chi connectivity index (χ4n) is 3.57. The van der Waals surface area contributed by atoms with E-state index in [1.54, 1.807) is 41.0 Å². The smallest absolute Gasteiger partial charge is 0.251 e. The minimum absolute atomic E-state index is 0.0651. The summed E-state index contributed by atoms with van der Waals surface area (Å²) in [4.78, 5) is 25.4. The second kappa shape index (κ2) is 11.7. The van der Waals surface area contributed by atoms with E-state index in [1.165, 1.54) is 31.0 Å². The van der Waals surface area contributed by atoms with Crippen molar-refractivity contribution in [3.05, 3.63) is 95.1 Å². The van der Waals surface area contributed by atoms with Crippen LogP contribution in [0.15, 0.2) is 71.9 Å². The van der Waals surface area contributed by atoms with Gasteiger partial charge < -0.3 is 15.4 Å². The van der Waals surface area contributed by atoms with E-state index in [-0.39, 0.29) is 29.9 Å². The van der Waals surface area contributed by atoms with Crippen molar-refractivity contribution in [1.29, 1.82) is 0 Å². The summed E-state index contributed by atoms with van der Waals surface area (Å²) in [5, 5.41) is 14.7. The number of ether oxygens (including phenoxy) is 1. The Balaban J connectivity index is 1.51. The molecule has 0 bridgehead atoms. The van der Waals surface area contributed by atoms with Crippen LogP contribution in [0.4, 0.5) is 10.1 Å². The normalized spacial score (nSPS) is 10.7. The van der Waals surface area contributed by atoms with Gasteiger partial charge in [0.05, 0.1) is 19.4 Å². The molecule has 8 nitrogen and oxygen atoms in total. The number of halogens is 1. The number of aryl methyl sites for hydroxylation is 2. The lowest BCUT2D eigenvalue weighted by Crippen LogP contribution is -2.24. The van der Waals surface area contributed by atoms with Crippen molar-refractivity contribution >= 4 is 29.3 Å². The zero-order chi connectivity index (χ0) is 26.4. The molecule has 10 heteroatoms. The van der Waals surface area contributed by atoms with Gasteiger partial charge in [0, 0.05) is 16.9 Å². The largest absolute Gasteiger partial charge is 0.497 e. The summed E-state index contributed by atoms with van der Waals surface area (Å²) in [5.41, 5.74) is 3.81. The van der Waals surface area contributed by atoms with Crippen LogP contribution >= 0.6 is 11.8 Å². The average Bonchev–Trinajstić information content (AvgIpc) is 3.31. The number of nitrogens with zero attached hydrogens (tertiary/aromatic N) is 3.